The Labute approximate surface area is 220 Å². The number of unbranched alkanes of at least 4 members (excludes halogenated alkanes) is 3. The van der Waals surface area contributed by atoms with E-state index in [9.17, 15) is 0 Å². The molecule has 0 unspecified atom stereocenters. The summed E-state index contributed by atoms with van der Waals surface area (Å²) in [5, 5.41) is 0. The molecule has 161 valence electrons. The SMILES string of the molecule is CC1=CC[C-]=C1.CCCCCC.C[SiH2].[Cl-].[Cl-].[Zr+4].[c-]1cccc2c1Cc1ccccc1-2. The topological polar surface area (TPSA) is 0 Å². The van der Waals surface area contributed by atoms with Gasteiger partial charge >= 0.3 is 26.2 Å². The van der Waals surface area contributed by atoms with Crippen molar-refractivity contribution in [3.63, 3.8) is 0 Å². The van der Waals surface area contributed by atoms with E-state index in [-0.39, 0.29) is 51.0 Å². The van der Waals surface area contributed by atoms with E-state index in [4.69, 9.17) is 0 Å². The molecule has 2 aromatic rings. The molecule has 0 aromatic heterocycles. The Kier molecular flexibility index (Phi) is 24.9. The van der Waals surface area contributed by atoms with Crippen LogP contribution >= 0.6 is 0 Å². The van der Waals surface area contributed by atoms with Gasteiger partial charge in [-0.1, -0.05) is 81.5 Å². The van der Waals surface area contributed by atoms with Crippen LogP contribution in [0.5, 0.6) is 0 Å². The number of benzene rings is 2. The second kappa shape index (κ2) is 21.8. The average molecular weight is 538 g/mol. The van der Waals surface area contributed by atoms with Gasteiger partial charge in [-0.15, -0.1) is 18.9 Å². The second-order valence-electron chi connectivity index (χ2n) is 6.60. The molecule has 4 heteroatoms. The van der Waals surface area contributed by atoms with Gasteiger partial charge in [0.05, 0.1) is 0 Å². The van der Waals surface area contributed by atoms with Crippen LogP contribution < -0.4 is 24.8 Å². The summed E-state index contributed by atoms with van der Waals surface area (Å²) in [7, 11) is 1.86. The normalized spacial score (nSPS) is 11.0. The van der Waals surface area contributed by atoms with E-state index in [1.165, 1.54) is 53.5 Å². The first-order valence-electron chi connectivity index (χ1n) is 10.3. The van der Waals surface area contributed by atoms with Gasteiger partial charge in [-0.25, -0.2) is 11.6 Å². The summed E-state index contributed by atoms with van der Waals surface area (Å²) in [6.45, 7) is 8.57. The van der Waals surface area contributed by atoms with E-state index in [0.29, 0.717) is 0 Å². The standard InChI is InChI=1S/C13H9.C6H7.C6H14.CH5Si.2ClH.Zr/c1-3-7-12-10(5-1)9-11-6-2-4-8-13(11)12;1-6-4-2-3-5-6;1-3-5-6-4-2;1-2;;;/h1-5,7-8H,9H2;4-5H,2H2,1H3;3-6H2,1-2H3;2H2,1H3;2*1H;/q2*-1;;;;;+4/p-2. The number of hydrogen-bond acceptors (Lipinski definition) is 0. The maximum Gasteiger partial charge on any atom is 4.00 e. The average Bonchev–Trinajstić information content (AvgIpc) is 3.35. The van der Waals surface area contributed by atoms with Crippen LogP contribution in [-0.4, -0.2) is 10.2 Å². The van der Waals surface area contributed by atoms with Crippen molar-refractivity contribution in [1.82, 2.24) is 0 Å². The van der Waals surface area contributed by atoms with Crippen molar-refractivity contribution >= 4 is 10.2 Å². The fourth-order valence-electron chi connectivity index (χ4n) is 3.00. The van der Waals surface area contributed by atoms with Gasteiger partial charge in [0.15, 0.2) is 0 Å². The zero-order valence-corrected chi connectivity index (χ0v) is 24.3. The van der Waals surface area contributed by atoms with Crippen molar-refractivity contribution in [2.45, 2.75) is 65.8 Å². The Morgan fingerprint density at radius 1 is 0.900 bits per heavy atom. The molecule has 0 aliphatic heterocycles. The minimum absolute atomic E-state index is 0. The molecule has 0 atom stereocenters. The van der Waals surface area contributed by atoms with Crippen molar-refractivity contribution in [3.05, 3.63) is 83.5 Å². The molecule has 30 heavy (non-hydrogen) atoms. The monoisotopic (exact) mass is 535 g/mol. The molecular weight excluding hydrogens is 503 g/mol. The van der Waals surface area contributed by atoms with Crippen molar-refractivity contribution in [3.8, 4) is 11.1 Å². The first-order chi connectivity index (χ1) is 13.3. The van der Waals surface area contributed by atoms with Gasteiger partial charge in [0.25, 0.3) is 0 Å². The van der Waals surface area contributed by atoms with Gasteiger partial charge in [0, 0.05) is 10.2 Å². The molecule has 0 spiro atoms. The fraction of sp³-hybridized carbons (Fsp3) is 0.385. The Morgan fingerprint density at radius 2 is 1.50 bits per heavy atom. The van der Waals surface area contributed by atoms with Crippen LogP contribution in [-0.2, 0) is 32.6 Å². The molecule has 1 radical (unpaired) electrons. The van der Waals surface area contributed by atoms with E-state index in [2.05, 4.69) is 75.4 Å². The second-order valence-corrected chi connectivity index (χ2v) is 6.60. The van der Waals surface area contributed by atoms with E-state index in [1.807, 2.05) is 28.9 Å². The molecule has 4 rings (SSSR count). The zero-order chi connectivity index (χ0) is 19.9. The predicted octanol–water partition coefficient (Wildman–Crippen LogP) is 1.01. The minimum Gasteiger partial charge on any atom is -1.00 e. The Bertz CT molecular complexity index is 676. The predicted molar refractivity (Wildman–Crippen MR) is 124 cm³/mol. The summed E-state index contributed by atoms with van der Waals surface area (Å²) in [6, 6.07) is 18.1. The van der Waals surface area contributed by atoms with E-state index < -0.39 is 0 Å². The summed E-state index contributed by atoms with van der Waals surface area (Å²) >= 11 is 0. The van der Waals surface area contributed by atoms with Gasteiger partial charge in [-0.2, -0.15) is 35.9 Å². The van der Waals surface area contributed by atoms with Crippen LogP contribution in [0.3, 0.4) is 0 Å². The van der Waals surface area contributed by atoms with Crippen molar-refractivity contribution < 1.29 is 51.0 Å². The number of fused-ring (bicyclic) bond motifs is 3. The van der Waals surface area contributed by atoms with Crippen molar-refractivity contribution in [2.75, 3.05) is 0 Å². The molecule has 2 aliphatic carbocycles. The van der Waals surface area contributed by atoms with E-state index >= 15 is 0 Å². The molecule has 0 saturated carbocycles. The fourth-order valence-corrected chi connectivity index (χ4v) is 3.00. The van der Waals surface area contributed by atoms with Crippen LogP contribution in [0.4, 0.5) is 0 Å². The first-order valence-corrected chi connectivity index (χ1v) is 11.7. The van der Waals surface area contributed by atoms with Crippen LogP contribution in [0.2, 0.25) is 6.55 Å². The smallest absolute Gasteiger partial charge is 1.00 e. The largest absolute Gasteiger partial charge is 4.00 e. The summed E-state index contributed by atoms with van der Waals surface area (Å²) in [5.74, 6) is 0. The van der Waals surface area contributed by atoms with Gasteiger partial charge in [0.2, 0.25) is 0 Å². The molecule has 0 N–H and O–H groups in total. The van der Waals surface area contributed by atoms with Crippen molar-refractivity contribution in [2.24, 2.45) is 0 Å². The van der Waals surface area contributed by atoms with Gasteiger partial charge < -0.3 is 24.8 Å². The summed E-state index contributed by atoms with van der Waals surface area (Å²) in [4.78, 5) is 0. The molecule has 2 aliphatic rings. The Morgan fingerprint density at radius 3 is 2.00 bits per heavy atom. The maximum atomic E-state index is 3.30. The molecule has 0 nitrogen and oxygen atoms in total. The van der Waals surface area contributed by atoms with Gasteiger partial charge in [-0.3, -0.25) is 6.08 Å². The zero-order valence-electron chi connectivity index (χ0n) is 18.9. The summed E-state index contributed by atoms with van der Waals surface area (Å²) < 4.78 is 0. The molecule has 0 heterocycles. The molecule has 0 amide bonds. The Hall–Kier alpha value is -0.400. The number of halogens is 2. The molecule has 0 bridgehead atoms. The molecular formula is C26H35Cl2SiZr. The van der Waals surface area contributed by atoms with Crippen LogP contribution in [0.25, 0.3) is 11.1 Å². The summed E-state index contributed by atoms with van der Waals surface area (Å²) in [5.41, 5.74) is 6.85. The Balaban J connectivity index is -0.000000372. The van der Waals surface area contributed by atoms with Crippen LogP contribution in [0.15, 0.2) is 60.2 Å². The summed E-state index contributed by atoms with van der Waals surface area (Å²) in [6.07, 6.45) is 14.8. The molecule has 2 aromatic carbocycles. The van der Waals surface area contributed by atoms with Gasteiger partial charge in [0.1, 0.15) is 0 Å². The third kappa shape index (κ3) is 12.5. The molecule has 0 fully saturated rings. The van der Waals surface area contributed by atoms with Crippen LogP contribution in [0.1, 0.15) is 64.0 Å². The molecule has 0 saturated heterocycles. The van der Waals surface area contributed by atoms with E-state index in [0.717, 1.165) is 12.8 Å². The number of rotatable bonds is 3. The minimum atomic E-state index is 0. The third-order valence-corrected chi connectivity index (χ3v) is 4.45. The third-order valence-electron chi connectivity index (χ3n) is 4.45. The quantitative estimate of drug-likeness (QED) is 0.266. The number of allylic oxidation sites excluding steroid dienone is 4. The van der Waals surface area contributed by atoms with E-state index in [1.54, 1.807) is 0 Å². The number of hydrogen-bond donors (Lipinski definition) is 0. The first kappa shape index (κ1) is 34.2. The van der Waals surface area contributed by atoms with Gasteiger partial charge in [-0.05, 0) is 6.42 Å². The van der Waals surface area contributed by atoms with Crippen LogP contribution in [0, 0.1) is 12.1 Å². The van der Waals surface area contributed by atoms with Crippen molar-refractivity contribution in [1.29, 1.82) is 0 Å². The maximum absolute atomic E-state index is 3.30.